The lowest BCUT2D eigenvalue weighted by molar-refractivity contribution is 0.131. The van der Waals surface area contributed by atoms with E-state index in [-0.39, 0.29) is 5.75 Å². The maximum absolute atomic E-state index is 9.86. The second-order valence-electron chi connectivity index (χ2n) is 4.30. The summed E-state index contributed by atoms with van der Waals surface area (Å²) in [6.45, 7) is 3.98. The number of aryl methyl sites for hydroxylation is 1. The Morgan fingerprint density at radius 2 is 2.06 bits per heavy atom. The van der Waals surface area contributed by atoms with Gasteiger partial charge in [-0.2, -0.15) is 0 Å². The minimum Gasteiger partial charge on any atom is -0.508 e. The Kier molecular flexibility index (Phi) is 4.77. The second-order valence-corrected chi connectivity index (χ2v) is 4.30. The van der Waals surface area contributed by atoms with Gasteiger partial charge in [0.25, 0.3) is 0 Å². The van der Waals surface area contributed by atoms with Crippen LogP contribution in [-0.2, 0) is 0 Å². The number of phenolic OH excluding ortho intramolecular Hbond substituents is 1. The summed E-state index contributed by atoms with van der Waals surface area (Å²) in [7, 11) is 0. The van der Waals surface area contributed by atoms with Crippen LogP contribution in [0.1, 0.15) is 43.4 Å². The molecule has 0 unspecified atom stereocenters. The van der Waals surface area contributed by atoms with Gasteiger partial charge >= 0.3 is 0 Å². The van der Waals surface area contributed by atoms with Gasteiger partial charge < -0.3 is 15.9 Å². The topological polar surface area (TPSA) is 66.5 Å². The van der Waals surface area contributed by atoms with Crippen molar-refractivity contribution >= 4 is 0 Å². The van der Waals surface area contributed by atoms with Crippen LogP contribution in [0.4, 0.5) is 0 Å². The molecule has 90 valence electrons. The van der Waals surface area contributed by atoms with Crippen molar-refractivity contribution in [2.45, 2.75) is 45.3 Å². The number of aromatic hydroxyl groups is 1. The molecule has 0 aliphatic rings. The summed E-state index contributed by atoms with van der Waals surface area (Å²) >= 11 is 0. The van der Waals surface area contributed by atoms with Crippen molar-refractivity contribution in [2.24, 2.45) is 5.73 Å². The Balaban J connectivity index is 2.75. The van der Waals surface area contributed by atoms with Gasteiger partial charge in [-0.15, -0.1) is 0 Å². The zero-order valence-corrected chi connectivity index (χ0v) is 9.98. The lowest BCUT2D eigenvalue weighted by Crippen LogP contribution is -2.26. The van der Waals surface area contributed by atoms with E-state index >= 15 is 0 Å². The van der Waals surface area contributed by atoms with Gasteiger partial charge in [-0.3, -0.25) is 0 Å². The standard InChI is InChI=1S/C13H21NO2/c1-3-4-5-11(15)13(14)10-7-6-9(2)8-12(10)16/h6-8,11,13,15-16H,3-5,14H2,1-2H3/t11-,13+/m0/s1. The average molecular weight is 223 g/mol. The zero-order valence-electron chi connectivity index (χ0n) is 9.98. The van der Waals surface area contributed by atoms with Crippen LogP contribution in [0.25, 0.3) is 0 Å². The summed E-state index contributed by atoms with van der Waals surface area (Å²) in [6, 6.07) is 4.83. The molecule has 1 aromatic rings. The summed E-state index contributed by atoms with van der Waals surface area (Å²) < 4.78 is 0. The molecule has 3 nitrogen and oxygen atoms in total. The SMILES string of the molecule is CCCC[C@H](O)[C@H](N)c1ccc(C)cc1O. The molecule has 2 atom stereocenters. The Bertz CT molecular complexity index is 339. The maximum Gasteiger partial charge on any atom is 0.120 e. The van der Waals surface area contributed by atoms with E-state index in [0.717, 1.165) is 18.4 Å². The Morgan fingerprint density at radius 1 is 1.38 bits per heavy atom. The molecule has 1 rings (SSSR count). The van der Waals surface area contributed by atoms with Gasteiger partial charge in [-0.05, 0) is 25.0 Å². The molecule has 0 spiro atoms. The van der Waals surface area contributed by atoms with Gasteiger partial charge in [-0.25, -0.2) is 0 Å². The number of aliphatic hydroxyl groups is 1. The second kappa shape index (κ2) is 5.87. The first-order valence-corrected chi connectivity index (χ1v) is 5.79. The number of aliphatic hydroxyl groups excluding tert-OH is 1. The monoisotopic (exact) mass is 223 g/mol. The number of benzene rings is 1. The summed E-state index contributed by atoms with van der Waals surface area (Å²) in [5.74, 6) is 0.169. The quantitative estimate of drug-likeness (QED) is 0.717. The Hall–Kier alpha value is -1.06. The molecule has 0 aromatic heterocycles. The highest BCUT2D eigenvalue weighted by Crippen LogP contribution is 2.27. The lowest BCUT2D eigenvalue weighted by Gasteiger charge is -2.20. The maximum atomic E-state index is 9.86. The highest BCUT2D eigenvalue weighted by atomic mass is 16.3. The molecular formula is C13H21NO2. The third-order valence-corrected chi connectivity index (χ3v) is 2.81. The van der Waals surface area contributed by atoms with Crippen molar-refractivity contribution in [3.63, 3.8) is 0 Å². The van der Waals surface area contributed by atoms with E-state index in [0.29, 0.717) is 12.0 Å². The van der Waals surface area contributed by atoms with Gasteiger partial charge in [0.15, 0.2) is 0 Å². The fourth-order valence-electron chi connectivity index (χ4n) is 1.74. The fourth-order valence-corrected chi connectivity index (χ4v) is 1.74. The van der Waals surface area contributed by atoms with Crippen LogP contribution >= 0.6 is 0 Å². The Labute approximate surface area is 96.9 Å². The van der Waals surface area contributed by atoms with E-state index < -0.39 is 12.1 Å². The van der Waals surface area contributed by atoms with Crippen molar-refractivity contribution in [1.82, 2.24) is 0 Å². The molecule has 0 radical (unpaired) electrons. The molecule has 0 heterocycles. The number of hydrogen-bond donors (Lipinski definition) is 3. The van der Waals surface area contributed by atoms with Crippen LogP contribution in [0.2, 0.25) is 0 Å². The molecule has 0 fully saturated rings. The smallest absolute Gasteiger partial charge is 0.120 e. The van der Waals surface area contributed by atoms with Crippen LogP contribution in [0.15, 0.2) is 18.2 Å². The predicted molar refractivity (Wildman–Crippen MR) is 65.3 cm³/mol. The van der Waals surface area contributed by atoms with E-state index in [1.165, 1.54) is 0 Å². The first-order chi connectivity index (χ1) is 7.56. The average Bonchev–Trinajstić information content (AvgIpc) is 2.25. The van der Waals surface area contributed by atoms with Crippen LogP contribution in [0, 0.1) is 6.92 Å². The van der Waals surface area contributed by atoms with Crippen molar-refractivity contribution in [2.75, 3.05) is 0 Å². The summed E-state index contributed by atoms with van der Waals surface area (Å²) in [5, 5.41) is 19.6. The third kappa shape index (κ3) is 3.22. The number of rotatable bonds is 5. The summed E-state index contributed by atoms with van der Waals surface area (Å²) in [5.41, 5.74) is 7.52. The van der Waals surface area contributed by atoms with E-state index in [1.807, 2.05) is 13.0 Å². The molecule has 3 heteroatoms. The van der Waals surface area contributed by atoms with E-state index in [1.54, 1.807) is 12.1 Å². The lowest BCUT2D eigenvalue weighted by atomic mass is 9.97. The number of unbranched alkanes of at least 4 members (excludes halogenated alkanes) is 1. The molecule has 0 saturated heterocycles. The van der Waals surface area contributed by atoms with E-state index in [9.17, 15) is 10.2 Å². The molecule has 0 saturated carbocycles. The van der Waals surface area contributed by atoms with E-state index in [2.05, 4.69) is 6.92 Å². The molecule has 4 N–H and O–H groups in total. The molecular weight excluding hydrogens is 202 g/mol. The summed E-state index contributed by atoms with van der Waals surface area (Å²) in [6.07, 6.45) is 2.06. The predicted octanol–water partition coefficient (Wildman–Crippen LogP) is 2.25. The van der Waals surface area contributed by atoms with Crippen LogP contribution in [-0.4, -0.2) is 16.3 Å². The molecule has 0 aliphatic heterocycles. The molecule has 0 aliphatic carbocycles. The number of phenols is 1. The van der Waals surface area contributed by atoms with Crippen LogP contribution in [0.3, 0.4) is 0 Å². The first kappa shape index (κ1) is 13.0. The molecule has 0 amide bonds. The minimum atomic E-state index is -0.589. The van der Waals surface area contributed by atoms with Gasteiger partial charge in [0.1, 0.15) is 5.75 Å². The van der Waals surface area contributed by atoms with Crippen molar-refractivity contribution in [3.05, 3.63) is 29.3 Å². The van der Waals surface area contributed by atoms with E-state index in [4.69, 9.17) is 5.73 Å². The highest BCUT2D eigenvalue weighted by molar-refractivity contribution is 5.38. The largest absolute Gasteiger partial charge is 0.508 e. The normalized spacial score (nSPS) is 14.8. The van der Waals surface area contributed by atoms with Crippen molar-refractivity contribution in [3.8, 4) is 5.75 Å². The molecule has 1 aromatic carbocycles. The fraction of sp³-hybridized carbons (Fsp3) is 0.538. The zero-order chi connectivity index (χ0) is 12.1. The number of nitrogens with two attached hydrogens (primary N) is 1. The Morgan fingerprint density at radius 3 is 2.62 bits per heavy atom. The minimum absolute atomic E-state index is 0.169. The van der Waals surface area contributed by atoms with Crippen LogP contribution in [0.5, 0.6) is 5.75 Å². The van der Waals surface area contributed by atoms with Gasteiger partial charge in [-0.1, -0.05) is 31.9 Å². The van der Waals surface area contributed by atoms with Crippen molar-refractivity contribution in [1.29, 1.82) is 0 Å². The van der Waals surface area contributed by atoms with Gasteiger partial charge in [0.05, 0.1) is 12.1 Å². The first-order valence-electron chi connectivity index (χ1n) is 5.79. The van der Waals surface area contributed by atoms with Gasteiger partial charge in [0.2, 0.25) is 0 Å². The molecule has 16 heavy (non-hydrogen) atoms. The number of hydrogen-bond acceptors (Lipinski definition) is 3. The third-order valence-electron chi connectivity index (χ3n) is 2.81. The highest BCUT2D eigenvalue weighted by Gasteiger charge is 2.19. The molecule has 0 bridgehead atoms. The van der Waals surface area contributed by atoms with Crippen molar-refractivity contribution < 1.29 is 10.2 Å². The van der Waals surface area contributed by atoms with Gasteiger partial charge in [0, 0.05) is 5.56 Å². The van der Waals surface area contributed by atoms with Crippen LogP contribution < -0.4 is 5.73 Å². The summed E-state index contributed by atoms with van der Waals surface area (Å²) in [4.78, 5) is 0.